The van der Waals surface area contributed by atoms with Crippen LogP contribution in [0.2, 0.25) is 5.15 Å². The number of aryl methyl sites for hydroxylation is 2. The van der Waals surface area contributed by atoms with Crippen LogP contribution in [0.4, 0.5) is 17.6 Å². The first-order valence-electron chi connectivity index (χ1n) is 21.0. The average molecular weight is 907 g/mol. The molecule has 1 fully saturated rings. The van der Waals surface area contributed by atoms with Gasteiger partial charge in [-0.3, -0.25) is 4.98 Å². The molecule has 0 saturated carbocycles. The van der Waals surface area contributed by atoms with Gasteiger partial charge in [0.1, 0.15) is 16.3 Å². The molecule has 0 N–H and O–H groups in total. The van der Waals surface area contributed by atoms with Gasteiger partial charge >= 0.3 is 7.12 Å². The Kier molecular flexibility index (Phi) is 11.7. The molecule has 1 saturated heterocycles. The fourth-order valence-electron chi connectivity index (χ4n) is 7.69. The van der Waals surface area contributed by atoms with Gasteiger partial charge in [-0.05, 0) is 119 Å². The Bertz CT molecular complexity index is 3450. The summed E-state index contributed by atoms with van der Waals surface area (Å²) in [5.41, 5.74) is 7.46. The van der Waals surface area contributed by atoms with E-state index in [1.807, 2.05) is 68.4 Å². The van der Waals surface area contributed by atoms with Gasteiger partial charge in [0.15, 0.2) is 23.3 Å². The predicted molar refractivity (Wildman–Crippen MR) is 251 cm³/mol. The Hall–Kier alpha value is -6.93. The van der Waals surface area contributed by atoms with E-state index in [4.69, 9.17) is 29.7 Å². The summed E-state index contributed by atoms with van der Waals surface area (Å²) >= 11 is 5.66. The van der Waals surface area contributed by atoms with Crippen LogP contribution in [-0.4, -0.2) is 38.3 Å². The highest BCUT2D eigenvalue weighted by atomic mass is 35.5. The van der Waals surface area contributed by atoms with Crippen molar-refractivity contribution in [2.75, 3.05) is 0 Å². The minimum atomic E-state index is -0.878. The molecule has 10 aromatic rings. The minimum Gasteiger partial charge on any atom is -0.438 e. The van der Waals surface area contributed by atoms with Crippen molar-refractivity contribution in [1.82, 2.24) is 19.9 Å². The lowest BCUT2D eigenvalue weighted by atomic mass is 9.78. The second-order valence-electron chi connectivity index (χ2n) is 16.8. The summed E-state index contributed by atoms with van der Waals surface area (Å²) in [5.74, 6) is -3.50. The Labute approximate surface area is 382 Å². The molecule has 0 spiro atoms. The summed E-state index contributed by atoms with van der Waals surface area (Å²) in [6.45, 7) is 12.1. The monoisotopic (exact) mass is 906 g/mol. The lowest BCUT2D eigenvalue weighted by molar-refractivity contribution is 0.00578. The molecule has 330 valence electrons. The molecule has 1 aliphatic rings. The van der Waals surface area contributed by atoms with Crippen LogP contribution in [0.25, 0.3) is 77.6 Å². The van der Waals surface area contributed by atoms with E-state index < -0.39 is 30.4 Å². The van der Waals surface area contributed by atoms with Gasteiger partial charge in [0.05, 0.1) is 16.9 Å². The Morgan fingerprint density at radius 1 is 0.515 bits per heavy atom. The van der Waals surface area contributed by atoms with Gasteiger partial charge in [-0.1, -0.05) is 66.2 Å². The third-order valence-corrected chi connectivity index (χ3v) is 12.0. The lowest BCUT2D eigenvalue weighted by Gasteiger charge is -2.32. The van der Waals surface area contributed by atoms with Crippen molar-refractivity contribution >= 4 is 68.3 Å². The number of hydrogen-bond donors (Lipinski definition) is 0. The number of para-hydroxylation sites is 2. The molecule has 0 amide bonds. The molecule has 0 aliphatic carbocycles. The number of fused-ring (bicyclic) bond motifs is 6. The van der Waals surface area contributed by atoms with Crippen LogP contribution >= 0.6 is 11.6 Å². The normalized spacial score (nSPS) is 14.1. The summed E-state index contributed by atoms with van der Waals surface area (Å²) in [4.78, 5) is 17.1. The first kappa shape index (κ1) is 44.3. The Morgan fingerprint density at radius 3 is 1.58 bits per heavy atom. The van der Waals surface area contributed by atoms with E-state index in [9.17, 15) is 17.6 Å². The van der Waals surface area contributed by atoms with Crippen LogP contribution in [0.1, 0.15) is 39.1 Å². The fraction of sp³-hybridized carbons (Fsp3) is 0.154. The number of benzene rings is 4. The van der Waals surface area contributed by atoms with Crippen LogP contribution in [-0.2, 0) is 9.31 Å². The molecule has 0 atom stereocenters. The standard InChI is InChI=1S/C23H14F2N2O.C18H20BNO3.C11H6ClF2N/c1-13-8-9-17-16-5-2-6-18(22(16)28-23(17)27-13)20-12-14(10-11-26-20)15-4-3-7-19(24)21(15)25;1-11-9-10-13-12-7-6-8-14(15(12)21-16(13)20-11)19-22-17(2,3)18(4,5)23-19;12-10-6-7(4-5-15-10)8-2-1-3-9(13)11(8)14/h2-12H,1H3;6-10H,1-5H3;1-6H. The number of nitrogens with zero attached hydrogens (tertiary/aromatic N) is 4. The van der Waals surface area contributed by atoms with Gasteiger partial charge in [-0.15, -0.1) is 0 Å². The van der Waals surface area contributed by atoms with Gasteiger partial charge in [0.25, 0.3) is 0 Å². The topological polar surface area (TPSA) is 96.3 Å². The second-order valence-corrected chi connectivity index (χ2v) is 17.2. The second kappa shape index (κ2) is 17.5. The molecule has 0 unspecified atom stereocenters. The van der Waals surface area contributed by atoms with Gasteiger partial charge in [-0.25, -0.2) is 32.5 Å². The van der Waals surface area contributed by atoms with Crippen molar-refractivity contribution < 1.29 is 35.7 Å². The van der Waals surface area contributed by atoms with Crippen LogP contribution in [0.5, 0.6) is 0 Å². The van der Waals surface area contributed by atoms with E-state index in [0.717, 1.165) is 61.7 Å². The third-order valence-electron chi connectivity index (χ3n) is 11.8. The molecule has 4 aromatic carbocycles. The summed E-state index contributed by atoms with van der Waals surface area (Å²) < 4.78 is 78.6. The van der Waals surface area contributed by atoms with Crippen LogP contribution < -0.4 is 5.46 Å². The maximum absolute atomic E-state index is 14.2. The molecule has 66 heavy (non-hydrogen) atoms. The van der Waals surface area contributed by atoms with E-state index in [1.165, 1.54) is 30.5 Å². The number of aromatic nitrogens is 4. The Balaban J connectivity index is 0.000000130. The quantitative estimate of drug-likeness (QED) is 0.0979. The highest BCUT2D eigenvalue weighted by Gasteiger charge is 2.52. The molecule has 11 rings (SSSR count). The van der Waals surface area contributed by atoms with E-state index in [-0.39, 0.29) is 27.5 Å². The lowest BCUT2D eigenvalue weighted by Crippen LogP contribution is -2.41. The predicted octanol–water partition coefficient (Wildman–Crippen LogP) is 13.6. The largest absolute Gasteiger partial charge is 0.498 e. The molecule has 0 radical (unpaired) electrons. The van der Waals surface area contributed by atoms with Gasteiger partial charge < -0.3 is 18.1 Å². The van der Waals surface area contributed by atoms with E-state index >= 15 is 0 Å². The zero-order chi connectivity index (χ0) is 46.5. The summed E-state index contributed by atoms with van der Waals surface area (Å²) in [7, 11) is -0.439. The van der Waals surface area contributed by atoms with Crippen molar-refractivity contribution in [3.63, 3.8) is 0 Å². The van der Waals surface area contributed by atoms with Gasteiger partial charge in [-0.2, -0.15) is 0 Å². The molecule has 14 heteroatoms. The highest BCUT2D eigenvalue weighted by molar-refractivity contribution is 6.65. The SMILES string of the molecule is Cc1ccc2c(n1)oc1c(-c3cc(-c4cccc(F)c4F)ccn3)cccc12.Cc1ccc2c(n1)oc1c(B3OC(C)(C)C(C)(C)O3)cccc12.Fc1cccc(-c2ccnc(Cl)c2)c1F. The first-order valence-corrected chi connectivity index (χ1v) is 21.4. The number of rotatable bonds is 4. The van der Waals surface area contributed by atoms with Crippen LogP contribution in [0.3, 0.4) is 0 Å². The summed E-state index contributed by atoms with van der Waals surface area (Å²) in [6.07, 6.45) is 3.03. The maximum atomic E-state index is 14.2. The highest BCUT2D eigenvalue weighted by Crippen LogP contribution is 2.39. The van der Waals surface area contributed by atoms with Crippen molar-refractivity contribution in [2.45, 2.75) is 52.7 Å². The molecular formula is C52H40BClF4N4O4. The molecule has 7 heterocycles. The number of furan rings is 2. The first-order chi connectivity index (χ1) is 31.6. The molecular weight excluding hydrogens is 867 g/mol. The molecule has 6 aromatic heterocycles. The molecule has 0 bridgehead atoms. The number of halogens is 5. The van der Waals surface area contributed by atoms with Crippen molar-refractivity contribution in [3.05, 3.63) is 174 Å². The summed E-state index contributed by atoms with van der Waals surface area (Å²) in [6, 6.07) is 34.4. The van der Waals surface area contributed by atoms with Crippen LogP contribution in [0.15, 0.2) is 143 Å². The van der Waals surface area contributed by atoms with Crippen molar-refractivity contribution in [1.29, 1.82) is 0 Å². The molecule has 8 nitrogen and oxygen atoms in total. The van der Waals surface area contributed by atoms with Crippen molar-refractivity contribution in [2.24, 2.45) is 0 Å². The van der Waals surface area contributed by atoms with E-state index in [0.29, 0.717) is 33.8 Å². The average Bonchev–Trinajstić information content (AvgIpc) is 3.92. The molecule has 1 aliphatic heterocycles. The third kappa shape index (κ3) is 8.41. The zero-order valence-corrected chi connectivity index (χ0v) is 37.3. The zero-order valence-electron chi connectivity index (χ0n) is 36.6. The van der Waals surface area contributed by atoms with Crippen molar-refractivity contribution in [3.8, 4) is 33.5 Å². The number of hydrogen-bond acceptors (Lipinski definition) is 8. The fourth-order valence-corrected chi connectivity index (χ4v) is 7.86. The number of pyridine rings is 4. The summed E-state index contributed by atoms with van der Waals surface area (Å²) in [5, 5.41) is 4.17. The Morgan fingerprint density at radius 2 is 1.00 bits per heavy atom. The van der Waals surface area contributed by atoms with Gasteiger partial charge in [0.2, 0.25) is 11.4 Å². The minimum absolute atomic E-state index is 0.180. The van der Waals surface area contributed by atoms with Crippen LogP contribution in [0, 0.1) is 37.1 Å². The van der Waals surface area contributed by atoms with E-state index in [2.05, 4.69) is 53.7 Å². The van der Waals surface area contributed by atoms with E-state index in [1.54, 1.807) is 30.5 Å². The maximum Gasteiger partial charge on any atom is 0.498 e. The smallest absolute Gasteiger partial charge is 0.438 e. The van der Waals surface area contributed by atoms with Gasteiger partial charge in [0, 0.05) is 67.5 Å².